The zero-order chi connectivity index (χ0) is 13.5. The Kier molecular flexibility index (Phi) is 4.25. The third-order valence-electron chi connectivity index (χ3n) is 2.37. The number of nitrogens with zero attached hydrogens (tertiary/aromatic N) is 2. The highest BCUT2D eigenvalue weighted by Gasteiger charge is 1.95. The Labute approximate surface area is 110 Å². The topological polar surface area (TPSA) is 45.4 Å². The molecule has 0 aromatic heterocycles. The van der Waals surface area contributed by atoms with Crippen molar-refractivity contribution in [1.29, 1.82) is 5.26 Å². The lowest BCUT2D eigenvalue weighted by molar-refractivity contribution is 0.132. The van der Waals surface area contributed by atoms with Gasteiger partial charge in [0.2, 0.25) is 0 Å². The normalized spacial score (nSPS) is 10.3. The van der Waals surface area contributed by atoms with E-state index in [-0.39, 0.29) is 12.4 Å². The summed E-state index contributed by atoms with van der Waals surface area (Å²) >= 11 is 0. The van der Waals surface area contributed by atoms with Crippen molar-refractivity contribution in [2.45, 2.75) is 6.61 Å². The van der Waals surface area contributed by atoms with Crippen molar-refractivity contribution < 1.29 is 9.23 Å². The van der Waals surface area contributed by atoms with E-state index in [2.05, 4.69) is 17.4 Å². The summed E-state index contributed by atoms with van der Waals surface area (Å²) in [6, 6.07) is 14.9. The second-order valence-corrected chi connectivity index (χ2v) is 3.80. The van der Waals surface area contributed by atoms with Crippen LogP contribution in [-0.2, 0) is 11.4 Å². The van der Waals surface area contributed by atoms with Gasteiger partial charge < -0.3 is 4.84 Å². The number of rotatable bonds is 4. The Bertz CT molecular complexity index is 615. The smallest absolute Gasteiger partial charge is 0.142 e. The summed E-state index contributed by atoms with van der Waals surface area (Å²) in [6.07, 6.45) is 2.64. The summed E-state index contributed by atoms with van der Waals surface area (Å²) < 4.78 is 12.7. The van der Waals surface area contributed by atoms with Crippen molar-refractivity contribution in [3.05, 3.63) is 71.0 Å². The average molecular weight is 253 g/mol. The summed E-state index contributed by atoms with van der Waals surface area (Å²) in [6.45, 7) is 0.254. The SMILES string of the molecule is N#Cc1cccc(CO/N=[C]\c2ccc(F)cc2)c1. The highest BCUT2D eigenvalue weighted by atomic mass is 19.1. The number of hydrogen-bond acceptors (Lipinski definition) is 3. The summed E-state index contributed by atoms with van der Waals surface area (Å²) in [4.78, 5) is 5.06. The highest BCUT2D eigenvalue weighted by molar-refractivity contribution is 5.78. The molecule has 4 heteroatoms. The third kappa shape index (κ3) is 3.93. The van der Waals surface area contributed by atoms with Gasteiger partial charge in [0.1, 0.15) is 18.6 Å². The molecule has 0 N–H and O–H groups in total. The third-order valence-corrected chi connectivity index (χ3v) is 2.37. The number of nitriles is 1. The predicted octanol–water partition coefficient (Wildman–Crippen LogP) is 3.13. The predicted molar refractivity (Wildman–Crippen MR) is 68.9 cm³/mol. The molecule has 0 saturated carbocycles. The maximum absolute atomic E-state index is 12.7. The summed E-state index contributed by atoms with van der Waals surface area (Å²) in [5.74, 6) is -0.306. The maximum Gasteiger partial charge on any atom is 0.142 e. The molecule has 2 aromatic rings. The van der Waals surface area contributed by atoms with Crippen molar-refractivity contribution in [1.82, 2.24) is 0 Å². The van der Waals surface area contributed by atoms with Crippen LogP contribution in [0, 0.1) is 17.1 Å². The number of hydrogen-bond donors (Lipinski definition) is 0. The van der Waals surface area contributed by atoms with Gasteiger partial charge in [-0.25, -0.2) is 4.39 Å². The van der Waals surface area contributed by atoms with E-state index < -0.39 is 0 Å². The molecule has 2 rings (SSSR count). The van der Waals surface area contributed by atoms with Crippen LogP contribution in [0.4, 0.5) is 4.39 Å². The Morgan fingerprint density at radius 3 is 2.63 bits per heavy atom. The molecular weight excluding hydrogens is 243 g/mol. The molecule has 0 fully saturated rings. The molecule has 0 aliphatic rings. The van der Waals surface area contributed by atoms with Gasteiger partial charge in [-0.1, -0.05) is 17.3 Å². The molecule has 0 bridgehead atoms. The van der Waals surface area contributed by atoms with E-state index in [1.165, 1.54) is 12.1 Å². The fourth-order valence-corrected chi connectivity index (χ4v) is 1.45. The van der Waals surface area contributed by atoms with Crippen LogP contribution in [0.3, 0.4) is 0 Å². The minimum Gasteiger partial charge on any atom is -0.390 e. The van der Waals surface area contributed by atoms with E-state index in [1.807, 2.05) is 6.07 Å². The lowest BCUT2D eigenvalue weighted by Gasteiger charge is -1.99. The molecule has 0 atom stereocenters. The van der Waals surface area contributed by atoms with Crippen molar-refractivity contribution in [3.8, 4) is 6.07 Å². The summed E-state index contributed by atoms with van der Waals surface area (Å²) in [7, 11) is 0. The van der Waals surface area contributed by atoms with Gasteiger partial charge in [-0.2, -0.15) is 5.26 Å². The van der Waals surface area contributed by atoms with Gasteiger partial charge in [-0.15, -0.1) is 0 Å². The zero-order valence-electron chi connectivity index (χ0n) is 10.0. The van der Waals surface area contributed by atoms with Gasteiger partial charge in [0.25, 0.3) is 0 Å². The second-order valence-electron chi connectivity index (χ2n) is 3.80. The zero-order valence-corrected chi connectivity index (χ0v) is 10.0. The van der Waals surface area contributed by atoms with E-state index in [0.29, 0.717) is 11.1 Å². The van der Waals surface area contributed by atoms with Crippen molar-refractivity contribution in [2.24, 2.45) is 5.16 Å². The largest absolute Gasteiger partial charge is 0.390 e. The van der Waals surface area contributed by atoms with Gasteiger partial charge in [0.05, 0.1) is 11.6 Å². The highest BCUT2D eigenvalue weighted by Crippen LogP contribution is 2.06. The molecule has 0 amide bonds. The molecule has 0 aliphatic carbocycles. The second kappa shape index (κ2) is 6.31. The van der Waals surface area contributed by atoms with Gasteiger partial charge in [-0.3, -0.25) is 0 Å². The molecule has 0 aliphatic heterocycles. The van der Waals surface area contributed by atoms with Gasteiger partial charge in [0.15, 0.2) is 0 Å². The molecule has 0 saturated heterocycles. The standard InChI is InChI=1S/C15H10FN2O/c16-15-6-4-12(5-7-15)10-18-19-11-14-3-1-2-13(8-14)9-17/h1-8H,11H2. The van der Waals surface area contributed by atoms with Gasteiger partial charge in [-0.05, 0) is 42.0 Å². The molecule has 2 aromatic carbocycles. The van der Waals surface area contributed by atoms with Crippen molar-refractivity contribution >= 4 is 6.21 Å². The minimum absolute atomic E-state index is 0.254. The van der Waals surface area contributed by atoms with Crippen molar-refractivity contribution in [3.63, 3.8) is 0 Å². The van der Waals surface area contributed by atoms with E-state index in [9.17, 15) is 4.39 Å². The van der Waals surface area contributed by atoms with Gasteiger partial charge in [0, 0.05) is 5.56 Å². The Balaban J connectivity index is 1.89. The first kappa shape index (κ1) is 12.8. The van der Waals surface area contributed by atoms with E-state index in [1.54, 1.807) is 30.3 Å². The number of halogens is 1. The van der Waals surface area contributed by atoms with Crippen LogP contribution in [0.2, 0.25) is 0 Å². The summed E-state index contributed by atoms with van der Waals surface area (Å²) in [5.41, 5.74) is 2.06. The van der Waals surface area contributed by atoms with E-state index in [4.69, 9.17) is 10.1 Å². The Morgan fingerprint density at radius 2 is 1.89 bits per heavy atom. The lowest BCUT2D eigenvalue weighted by atomic mass is 10.1. The molecule has 93 valence electrons. The maximum atomic E-state index is 12.7. The molecular formula is C15H10FN2O. The van der Waals surface area contributed by atoms with E-state index in [0.717, 1.165) is 5.56 Å². The first-order valence-electron chi connectivity index (χ1n) is 5.60. The fraction of sp³-hybridized carbons (Fsp3) is 0.0667. The molecule has 1 radical (unpaired) electrons. The van der Waals surface area contributed by atoms with E-state index >= 15 is 0 Å². The van der Waals surface area contributed by atoms with Crippen LogP contribution in [0.1, 0.15) is 16.7 Å². The fourth-order valence-electron chi connectivity index (χ4n) is 1.45. The average Bonchev–Trinajstić information content (AvgIpc) is 2.46. The van der Waals surface area contributed by atoms with Crippen LogP contribution < -0.4 is 0 Å². The molecule has 19 heavy (non-hydrogen) atoms. The molecule has 3 nitrogen and oxygen atoms in total. The van der Waals surface area contributed by atoms with Crippen LogP contribution in [0.25, 0.3) is 0 Å². The van der Waals surface area contributed by atoms with Crippen LogP contribution in [0.5, 0.6) is 0 Å². The lowest BCUT2D eigenvalue weighted by Crippen LogP contribution is -1.89. The van der Waals surface area contributed by atoms with Crippen LogP contribution in [0.15, 0.2) is 53.7 Å². The van der Waals surface area contributed by atoms with Crippen LogP contribution >= 0.6 is 0 Å². The first-order valence-corrected chi connectivity index (χ1v) is 5.60. The van der Waals surface area contributed by atoms with Crippen molar-refractivity contribution in [2.75, 3.05) is 0 Å². The Morgan fingerprint density at radius 1 is 1.11 bits per heavy atom. The Hall–Kier alpha value is -2.67. The van der Waals surface area contributed by atoms with Crippen LogP contribution in [-0.4, -0.2) is 6.21 Å². The molecule has 0 unspecified atom stereocenters. The summed E-state index contributed by atoms with van der Waals surface area (Å²) in [5, 5.41) is 12.4. The molecule has 0 spiro atoms. The quantitative estimate of drug-likeness (QED) is 0.620. The monoisotopic (exact) mass is 253 g/mol. The molecule has 0 heterocycles. The number of benzene rings is 2. The van der Waals surface area contributed by atoms with Gasteiger partial charge >= 0.3 is 0 Å². The first-order chi connectivity index (χ1) is 9.28. The minimum atomic E-state index is -0.306.